The van der Waals surface area contributed by atoms with Crippen LogP contribution in [0.1, 0.15) is 53.3 Å². The van der Waals surface area contributed by atoms with E-state index in [0.717, 1.165) is 24.1 Å². The number of imidazole rings is 1. The fourth-order valence-electron chi connectivity index (χ4n) is 5.49. The molecule has 7 nitrogen and oxygen atoms in total. The fraction of sp³-hybridized carbons (Fsp3) is 0.346. The number of nitrogen functional groups attached to an aromatic ring is 1. The largest absolute Gasteiger partial charge is 0.384 e. The third kappa shape index (κ3) is 4.75. The summed E-state index contributed by atoms with van der Waals surface area (Å²) in [6.45, 7) is 0. The zero-order valence-electron chi connectivity index (χ0n) is 19.1. The number of pyridine rings is 1. The van der Waals surface area contributed by atoms with Crippen molar-refractivity contribution in [1.29, 1.82) is 0 Å². The van der Waals surface area contributed by atoms with E-state index >= 15 is 0 Å². The molecular formula is C26H25ClFN5O2. The lowest BCUT2D eigenvalue weighted by atomic mass is 9.92. The molecule has 2 heterocycles. The van der Waals surface area contributed by atoms with Gasteiger partial charge >= 0.3 is 0 Å². The molecule has 0 saturated heterocycles. The van der Waals surface area contributed by atoms with Crippen LogP contribution in [0, 0.1) is 29.5 Å². The van der Waals surface area contributed by atoms with Crippen LogP contribution >= 0.6 is 11.6 Å². The number of nitrogens with one attached hydrogen (secondary N) is 1. The summed E-state index contributed by atoms with van der Waals surface area (Å²) in [7, 11) is 1.78. The summed E-state index contributed by atoms with van der Waals surface area (Å²) < 4.78 is 15.2. The first-order chi connectivity index (χ1) is 16.7. The number of carbonyl (C=O) groups is 1. The molecule has 2 aromatic heterocycles. The van der Waals surface area contributed by atoms with E-state index in [1.165, 1.54) is 18.2 Å². The molecule has 0 aliphatic heterocycles. The van der Waals surface area contributed by atoms with Crippen LogP contribution in [0.15, 0.2) is 42.9 Å². The van der Waals surface area contributed by atoms with Crippen LogP contribution in [0.4, 0.5) is 15.9 Å². The van der Waals surface area contributed by atoms with Gasteiger partial charge in [-0.25, -0.2) is 14.4 Å². The Hall–Kier alpha value is -3.41. The molecule has 5 rings (SSSR count). The van der Waals surface area contributed by atoms with Crippen LogP contribution in [-0.4, -0.2) is 31.1 Å². The summed E-state index contributed by atoms with van der Waals surface area (Å²) in [4.78, 5) is 21.6. The number of benzene rings is 1. The summed E-state index contributed by atoms with van der Waals surface area (Å²) >= 11 is 5.85. The second-order valence-corrected chi connectivity index (χ2v) is 9.93. The van der Waals surface area contributed by atoms with Crippen LogP contribution in [0.2, 0.25) is 5.02 Å². The molecule has 2 saturated carbocycles. The second kappa shape index (κ2) is 8.99. The van der Waals surface area contributed by atoms with Crippen LogP contribution in [0.5, 0.6) is 0 Å². The van der Waals surface area contributed by atoms with Gasteiger partial charge in [-0.2, -0.15) is 0 Å². The number of hydrogen-bond acceptors (Lipinski definition) is 5. The molecule has 2 unspecified atom stereocenters. The van der Waals surface area contributed by atoms with Crippen LogP contribution in [0.3, 0.4) is 0 Å². The number of nitrogens with zero attached hydrogens (tertiary/aromatic N) is 3. The number of anilines is 2. The van der Waals surface area contributed by atoms with Crippen molar-refractivity contribution in [3.63, 3.8) is 0 Å². The van der Waals surface area contributed by atoms with Crippen LogP contribution in [0.25, 0.3) is 0 Å². The number of aromatic nitrogens is 3. The first kappa shape index (κ1) is 23.3. The lowest BCUT2D eigenvalue weighted by Gasteiger charge is -2.19. The highest BCUT2D eigenvalue weighted by Gasteiger charge is 2.49. The maximum absolute atomic E-state index is 13.5. The number of rotatable bonds is 3. The molecule has 2 aliphatic rings. The number of aliphatic hydroxyl groups is 1. The van der Waals surface area contributed by atoms with Gasteiger partial charge in [-0.05, 0) is 67.9 Å². The molecule has 1 aromatic carbocycles. The number of halogens is 2. The fourth-order valence-corrected chi connectivity index (χ4v) is 5.67. The van der Waals surface area contributed by atoms with E-state index in [1.54, 1.807) is 36.3 Å². The number of aryl methyl sites for hydroxylation is 1. The molecule has 2 atom stereocenters. The van der Waals surface area contributed by atoms with Gasteiger partial charge in [0.1, 0.15) is 22.9 Å². The molecule has 0 radical (unpaired) electrons. The Bertz CT molecular complexity index is 1350. The molecule has 3 aromatic rings. The number of nitrogens with two attached hydrogens (primary N) is 1. The Morgan fingerprint density at radius 3 is 2.69 bits per heavy atom. The summed E-state index contributed by atoms with van der Waals surface area (Å²) in [6, 6.07) is 7.53. The molecule has 9 heteroatoms. The number of fused-ring (bicyclic) bond motifs is 1. The van der Waals surface area contributed by atoms with Gasteiger partial charge in [0.15, 0.2) is 0 Å². The first-order valence-corrected chi connectivity index (χ1v) is 11.8. The van der Waals surface area contributed by atoms with E-state index in [-0.39, 0.29) is 16.8 Å². The van der Waals surface area contributed by atoms with Crippen molar-refractivity contribution in [2.75, 3.05) is 11.1 Å². The quantitative estimate of drug-likeness (QED) is 0.476. The van der Waals surface area contributed by atoms with Gasteiger partial charge in [0.05, 0.1) is 17.0 Å². The lowest BCUT2D eigenvalue weighted by Crippen LogP contribution is -2.24. The third-order valence-electron chi connectivity index (χ3n) is 7.01. The van der Waals surface area contributed by atoms with E-state index < -0.39 is 11.4 Å². The molecule has 2 aliphatic carbocycles. The van der Waals surface area contributed by atoms with Crippen molar-refractivity contribution in [2.24, 2.45) is 18.9 Å². The molecule has 0 spiro atoms. The smallest absolute Gasteiger partial charge is 0.274 e. The summed E-state index contributed by atoms with van der Waals surface area (Å²) in [5.74, 6) is 6.34. The highest BCUT2D eigenvalue weighted by atomic mass is 35.5. The molecule has 180 valence electrons. The molecular weight excluding hydrogens is 469 g/mol. The van der Waals surface area contributed by atoms with Crippen molar-refractivity contribution in [3.8, 4) is 11.8 Å². The van der Waals surface area contributed by atoms with E-state index in [2.05, 4.69) is 27.1 Å². The van der Waals surface area contributed by atoms with Crippen LogP contribution in [-0.2, 0) is 7.05 Å². The minimum absolute atomic E-state index is 0.0559. The Morgan fingerprint density at radius 1 is 1.26 bits per heavy atom. The van der Waals surface area contributed by atoms with Gasteiger partial charge < -0.3 is 20.7 Å². The molecule has 4 N–H and O–H groups in total. The Morgan fingerprint density at radius 2 is 2.00 bits per heavy atom. The zero-order valence-corrected chi connectivity index (χ0v) is 19.9. The average molecular weight is 494 g/mol. The van der Waals surface area contributed by atoms with Crippen LogP contribution < -0.4 is 11.1 Å². The second-order valence-electron chi connectivity index (χ2n) is 9.52. The van der Waals surface area contributed by atoms with Crippen molar-refractivity contribution >= 4 is 29.0 Å². The monoisotopic (exact) mass is 493 g/mol. The van der Waals surface area contributed by atoms with Crippen molar-refractivity contribution in [1.82, 2.24) is 14.5 Å². The predicted molar refractivity (Wildman–Crippen MR) is 131 cm³/mol. The van der Waals surface area contributed by atoms with Gasteiger partial charge in [0, 0.05) is 30.4 Å². The van der Waals surface area contributed by atoms with Gasteiger partial charge in [0.2, 0.25) is 0 Å². The Kier molecular flexibility index (Phi) is 5.99. The highest BCUT2D eigenvalue weighted by molar-refractivity contribution is 6.31. The topological polar surface area (TPSA) is 106 Å². The van der Waals surface area contributed by atoms with E-state index in [1.807, 2.05) is 0 Å². The molecule has 35 heavy (non-hydrogen) atoms. The van der Waals surface area contributed by atoms with E-state index in [4.69, 9.17) is 17.3 Å². The van der Waals surface area contributed by atoms with Crippen molar-refractivity contribution in [3.05, 3.63) is 70.6 Å². The highest BCUT2D eigenvalue weighted by Crippen LogP contribution is 2.53. The SMILES string of the molecule is Cn1cnc(C2CC3CC(O)(C#Cc4ccnc(N)c4)CC3C2)c1C(=O)Nc1ccc(F)c(Cl)c1. The van der Waals surface area contributed by atoms with Gasteiger partial charge in [-0.3, -0.25) is 4.79 Å². The Balaban J connectivity index is 1.29. The maximum atomic E-state index is 13.5. The van der Waals surface area contributed by atoms with Crippen molar-refractivity contribution in [2.45, 2.75) is 37.2 Å². The first-order valence-electron chi connectivity index (χ1n) is 11.5. The molecule has 1 amide bonds. The summed E-state index contributed by atoms with van der Waals surface area (Å²) in [5.41, 5.74) is 7.04. The molecule has 2 fully saturated rings. The number of hydrogen-bond donors (Lipinski definition) is 3. The normalized spacial score (nSPS) is 25.1. The number of carbonyl (C=O) groups excluding carboxylic acids is 1. The Labute approximate surface area is 207 Å². The summed E-state index contributed by atoms with van der Waals surface area (Å²) in [6.07, 6.45) is 6.07. The standard InChI is InChI=1S/C26H25ClFN5O2/c1-33-14-31-23(24(33)25(34)32-19-2-3-21(28)20(27)11-19)16-9-17-12-26(35,13-18(17)10-16)6-4-15-5-7-30-22(29)8-15/h2-3,5,7-8,11,14,16-18,35H,9-10,12-13H2,1H3,(H2,29,30)(H,32,34). The number of amides is 1. The molecule has 0 bridgehead atoms. The zero-order chi connectivity index (χ0) is 24.7. The van der Waals surface area contributed by atoms with Gasteiger partial charge in [0.25, 0.3) is 5.91 Å². The predicted octanol–water partition coefficient (Wildman–Crippen LogP) is 4.13. The minimum atomic E-state index is -1.04. The van der Waals surface area contributed by atoms with E-state index in [0.29, 0.717) is 41.9 Å². The van der Waals surface area contributed by atoms with Gasteiger partial charge in [-0.1, -0.05) is 23.4 Å². The third-order valence-corrected chi connectivity index (χ3v) is 7.30. The minimum Gasteiger partial charge on any atom is -0.384 e. The summed E-state index contributed by atoms with van der Waals surface area (Å²) in [5, 5.41) is 13.8. The lowest BCUT2D eigenvalue weighted by molar-refractivity contribution is 0.0979. The average Bonchev–Trinajstić information content (AvgIpc) is 3.46. The van der Waals surface area contributed by atoms with Gasteiger partial charge in [-0.15, -0.1) is 0 Å². The van der Waals surface area contributed by atoms with Crippen molar-refractivity contribution < 1.29 is 14.3 Å². The van der Waals surface area contributed by atoms with E-state index in [9.17, 15) is 14.3 Å². The maximum Gasteiger partial charge on any atom is 0.274 e.